The van der Waals surface area contributed by atoms with Crippen molar-refractivity contribution in [2.45, 2.75) is 13.8 Å². The van der Waals surface area contributed by atoms with Gasteiger partial charge in [0, 0.05) is 12.1 Å². The van der Waals surface area contributed by atoms with Crippen LogP contribution in [0, 0.1) is 6.92 Å². The van der Waals surface area contributed by atoms with Crippen molar-refractivity contribution in [2.24, 2.45) is 0 Å². The Bertz CT molecular complexity index is 855. The summed E-state index contributed by atoms with van der Waals surface area (Å²) in [6.07, 6.45) is 0. The van der Waals surface area contributed by atoms with Crippen molar-refractivity contribution in [3.05, 3.63) is 48.0 Å². The van der Waals surface area contributed by atoms with Crippen LogP contribution in [0.4, 0.5) is 0 Å². The molecule has 0 atom stereocenters. The third-order valence-corrected chi connectivity index (χ3v) is 3.65. The van der Waals surface area contributed by atoms with Crippen molar-refractivity contribution in [3.63, 3.8) is 0 Å². The molecule has 1 heterocycles. The van der Waals surface area contributed by atoms with E-state index in [1.807, 2.05) is 38.1 Å². The van der Waals surface area contributed by atoms with Gasteiger partial charge in [-0.1, -0.05) is 6.07 Å². The maximum Gasteiger partial charge on any atom is 0.364 e. The summed E-state index contributed by atoms with van der Waals surface area (Å²) in [6, 6.07) is 13.0. The number of benzene rings is 2. The SMILES string of the molecule is CCOc1cc(-c2ccc(O)c(OC)c2)[o+]c2cc(C)ccc12. The van der Waals surface area contributed by atoms with Crippen LogP contribution in [0.5, 0.6) is 17.2 Å². The number of aryl methyl sites for hydroxylation is 1. The Labute approximate surface area is 134 Å². The Morgan fingerprint density at radius 3 is 2.61 bits per heavy atom. The van der Waals surface area contributed by atoms with Gasteiger partial charge in [0.15, 0.2) is 11.5 Å². The molecule has 0 saturated carbocycles. The molecule has 0 aliphatic rings. The predicted molar refractivity (Wildman–Crippen MR) is 90.2 cm³/mol. The minimum absolute atomic E-state index is 0.0953. The smallest absolute Gasteiger partial charge is 0.364 e. The standard InChI is InChI=1S/C19H18O4/c1-4-22-17-11-16(13-6-8-15(20)19(10-13)21-3)23-18-9-12(2)5-7-14(17)18/h5-11H,4H2,1-3H3/p+1. The summed E-state index contributed by atoms with van der Waals surface area (Å²) in [7, 11) is 1.52. The van der Waals surface area contributed by atoms with Crippen LogP contribution in [0.3, 0.4) is 0 Å². The Morgan fingerprint density at radius 1 is 1.04 bits per heavy atom. The van der Waals surface area contributed by atoms with Gasteiger partial charge in [0.25, 0.3) is 0 Å². The molecule has 0 saturated heterocycles. The number of hydrogen-bond donors (Lipinski definition) is 1. The van der Waals surface area contributed by atoms with Crippen LogP contribution in [0.1, 0.15) is 12.5 Å². The lowest BCUT2D eigenvalue weighted by Crippen LogP contribution is -1.94. The van der Waals surface area contributed by atoms with Gasteiger partial charge in [-0.2, -0.15) is 0 Å². The predicted octanol–water partition coefficient (Wildman–Crippen LogP) is 4.80. The van der Waals surface area contributed by atoms with Crippen LogP contribution < -0.4 is 9.47 Å². The summed E-state index contributed by atoms with van der Waals surface area (Å²) < 4.78 is 17.0. The van der Waals surface area contributed by atoms with E-state index in [0.29, 0.717) is 18.1 Å². The first-order valence-corrected chi connectivity index (χ1v) is 7.50. The zero-order valence-electron chi connectivity index (χ0n) is 13.4. The van der Waals surface area contributed by atoms with Crippen molar-refractivity contribution in [1.29, 1.82) is 0 Å². The minimum atomic E-state index is 0.0953. The van der Waals surface area contributed by atoms with E-state index in [9.17, 15) is 5.11 Å². The van der Waals surface area contributed by atoms with Crippen LogP contribution in [0.2, 0.25) is 0 Å². The molecule has 3 aromatic rings. The van der Waals surface area contributed by atoms with E-state index in [1.54, 1.807) is 18.2 Å². The molecule has 1 N–H and O–H groups in total. The molecule has 1 aromatic heterocycles. The van der Waals surface area contributed by atoms with Gasteiger partial charge in [-0.15, -0.1) is 0 Å². The van der Waals surface area contributed by atoms with Crippen molar-refractivity contribution in [2.75, 3.05) is 13.7 Å². The van der Waals surface area contributed by atoms with Crippen LogP contribution >= 0.6 is 0 Å². The first-order valence-electron chi connectivity index (χ1n) is 7.50. The van der Waals surface area contributed by atoms with Gasteiger partial charge in [0.05, 0.1) is 25.3 Å². The lowest BCUT2D eigenvalue weighted by Gasteiger charge is -2.06. The first-order chi connectivity index (χ1) is 11.1. The largest absolute Gasteiger partial charge is 0.504 e. The third-order valence-electron chi connectivity index (χ3n) is 3.65. The average molecular weight is 311 g/mol. The molecule has 0 bridgehead atoms. The second kappa shape index (κ2) is 6.16. The van der Waals surface area contributed by atoms with E-state index in [1.165, 1.54) is 7.11 Å². The fourth-order valence-electron chi connectivity index (χ4n) is 2.51. The zero-order chi connectivity index (χ0) is 16.4. The highest BCUT2D eigenvalue weighted by Gasteiger charge is 2.21. The van der Waals surface area contributed by atoms with E-state index < -0.39 is 0 Å². The Balaban J connectivity index is 2.21. The quantitative estimate of drug-likeness (QED) is 0.703. The van der Waals surface area contributed by atoms with Crippen molar-refractivity contribution in [1.82, 2.24) is 0 Å². The molecule has 0 aliphatic carbocycles. The monoisotopic (exact) mass is 311 g/mol. The Hall–Kier alpha value is -2.75. The van der Waals surface area contributed by atoms with Crippen molar-refractivity contribution < 1.29 is 19.0 Å². The second-order valence-electron chi connectivity index (χ2n) is 5.29. The summed E-state index contributed by atoms with van der Waals surface area (Å²) in [5.41, 5.74) is 2.69. The van der Waals surface area contributed by atoms with Gasteiger partial charge in [0.2, 0.25) is 0 Å². The van der Waals surface area contributed by atoms with Crippen LogP contribution in [0.25, 0.3) is 22.3 Å². The molecule has 118 valence electrons. The summed E-state index contributed by atoms with van der Waals surface area (Å²) in [5, 5.41) is 10.7. The Morgan fingerprint density at radius 2 is 1.87 bits per heavy atom. The second-order valence-corrected chi connectivity index (χ2v) is 5.29. The molecule has 0 fully saturated rings. The topological polar surface area (TPSA) is 50.0 Å². The third kappa shape index (κ3) is 2.93. The fourth-order valence-corrected chi connectivity index (χ4v) is 2.51. The van der Waals surface area contributed by atoms with Gasteiger partial charge < -0.3 is 14.6 Å². The molecular weight excluding hydrogens is 292 g/mol. The maximum atomic E-state index is 9.75. The molecule has 23 heavy (non-hydrogen) atoms. The molecule has 4 heteroatoms. The normalized spacial score (nSPS) is 10.7. The molecule has 0 amide bonds. The zero-order valence-corrected chi connectivity index (χ0v) is 13.4. The lowest BCUT2D eigenvalue weighted by atomic mass is 10.1. The molecule has 0 unspecified atom stereocenters. The number of phenolic OH excluding ortho intramolecular Hbond substituents is 1. The molecule has 2 aromatic carbocycles. The number of fused-ring (bicyclic) bond motifs is 1. The average Bonchev–Trinajstić information content (AvgIpc) is 2.55. The van der Waals surface area contributed by atoms with Gasteiger partial charge in [-0.05, 0) is 37.6 Å². The number of methoxy groups -OCH3 is 1. The van der Waals surface area contributed by atoms with E-state index >= 15 is 0 Å². The highest BCUT2D eigenvalue weighted by molar-refractivity contribution is 5.86. The van der Waals surface area contributed by atoms with Crippen LogP contribution in [-0.2, 0) is 0 Å². The van der Waals surface area contributed by atoms with Crippen molar-refractivity contribution in [3.8, 4) is 28.6 Å². The maximum absolute atomic E-state index is 9.75. The van der Waals surface area contributed by atoms with Crippen molar-refractivity contribution >= 4 is 11.0 Å². The number of rotatable bonds is 4. The van der Waals surface area contributed by atoms with E-state index in [-0.39, 0.29) is 5.75 Å². The van der Waals surface area contributed by atoms with Gasteiger partial charge in [-0.3, -0.25) is 0 Å². The van der Waals surface area contributed by atoms with Crippen LogP contribution in [0.15, 0.2) is 46.9 Å². The molecule has 3 rings (SSSR count). The highest BCUT2D eigenvalue weighted by Crippen LogP contribution is 2.36. The first kappa shape index (κ1) is 15.2. The number of ether oxygens (including phenoxy) is 2. The Kier molecular flexibility index (Phi) is 4.06. The summed E-state index contributed by atoms with van der Waals surface area (Å²) >= 11 is 0. The summed E-state index contributed by atoms with van der Waals surface area (Å²) in [4.78, 5) is 0. The number of hydrogen-bond acceptors (Lipinski definition) is 3. The van der Waals surface area contributed by atoms with Crippen LogP contribution in [-0.4, -0.2) is 18.8 Å². The van der Waals surface area contributed by atoms with Gasteiger partial charge in [-0.25, -0.2) is 4.42 Å². The lowest BCUT2D eigenvalue weighted by molar-refractivity contribution is 0.342. The highest BCUT2D eigenvalue weighted by atomic mass is 16.5. The van der Waals surface area contributed by atoms with E-state index in [0.717, 1.165) is 27.8 Å². The molecule has 4 nitrogen and oxygen atoms in total. The molecule has 0 aliphatic heterocycles. The molecular formula is C19H19O4+. The molecule has 0 radical (unpaired) electrons. The number of phenols is 1. The summed E-state index contributed by atoms with van der Waals surface area (Å²) in [5.74, 6) is 1.93. The van der Waals surface area contributed by atoms with E-state index in [4.69, 9.17) is 13.9 Å². The van der Waals surface area contributed by atoms with Gasteiger partial charge in [0.1, 0.15) is 11.1 Å². The fraction of sp³-hybridized carbons (Fsp3) is 0.211. The minimum Gasteiger partial charge on any atom is -0.504 e. The molecule has 0 spiro atoms. The summed E-state index contributed by atoms with van der Waals surface area (Å²) in [6.45, 7) is 4.55. The van der Waals surface area contributed by atoms with Gasteiger partial charge >= 0.3 is 11.3 Å². The number of aromatic hydroxyl groups is 1. The van der Waals surface area contributed by atoms with E-state index in [2.05, 4.69) is 0 Å².